The van der Waals surface area contributed by atoms with Crippen LogP contribution >= 0.6 is 0 Å². The molecule has 1 aromatic heterocycles. The molecule has 1 aromatic carbocycles. The van der Waals surface area contributed by atoms with E-state index in [1.54, 1.807) is 41.3 Å². The first-order chi connectivity index (χ1) is 15.3. The quantitative estimate of drug-likeness (QED) is 0.412. The zero-order chi connectivity index (χ0) is 23.5. The molecule has 170 valence electrons. The Bertz CT molecular complexity index is 967. The second-order valence-electron chi connectivity index (χ2n) is 7.48. The van der Waals surface area contributed by atoms with Crippen molar-refractivity contribution in [1.29, 1.82) is 0 Å². The molecule has 4 N–H and O–H groups in total. The Hall–Kier alpha value is -3.65. The number of allylic oxidation sites excluding steroid dienone is 3. The average Bonchev–Trinajstić information content (AvgIpc) is 2.78. The number of nitrogen functional groups attached to an aromatic ring is 1. The molecule has 3 amide bonds. The lowest BCUT2D eigenvalue weighted by molar-refractivity contribution is 0.102. The fourth-order valence-electron chi connectivity index (χ4n) is 2.82. The van der Waals surface area contributed by atoms with Gasteiger partial charge < -0.3 is 26.2 Å². The number of rotatable bonds is 9. The number of aromatic nitrogens is 1. The normalized spacial score (nSPS) is 11.6. The van der Waals surface area contributed by atoms with Crippen molar-refractivity contribution >= 4 is 23.3 Å². The zero-order valence-corrected chi connectivity index (χ0v) is 19.1. The number of nitrogens with zero attached hydrogens (tertiary/aromatic N) is 3. The fourth-order valence-corrected chi connectivity index (χ4v) is 2.82. The lowest BCUT2D eigenvalue weighted by Gasteiger charge is -2.24. The van der Waals surface area contributed by atoms with Crippen molar-refractivity contribution in [2.75, 3.05) is 38.2 Å². The van der Waals surface area contributed by atoms with E-state index in [0.29, 0.717) is 42.3 Å². The second kappa shape index (κ2) is 12.3. The van der Waals surface area contributed by atoms with Gasteiger partial charge in [-0.2, -0.15) is 0 Å². The van der Waals surface area contributed by atoms with E-state index in [1.165, 1.54) is 6.20 Å². The van der Waals surface area contributed by atoms with E-state index in [4.69, 9.17) is 5.73 Å². The van der Waals surface area contributed by atoms with Crippen molar-refractivity contribution in [1.82, 2.24) is 20.1 Å². The maximum Gasteiger partial charge on any atom is 0.322 e. The van der Waals surface area contributed by atoms with Gasteiger partial charge in [0.05, 0.1) is 29.2 Å². The number of anilines is 2. The van der Waals surface area contributed by atoms with Gasteiger partial charge in [-0.15, -0.1) is 0 Å². The van der Waals surface area contributed by atoms with E-state index in [1.807, 2.05) is 51.1 Å². The summed E-state index contributed by atoms with van der Waals surface area (Å²) in [5.41, 5.74) is 8.74. The Balaban J connectivity index is 2.09. The van der Waals surface area contributed by atoms with E-state index in [9.17, 15) is 9.59 Å². The highest BCUT2D eigenvalue weighted by Gasteiger charge is 2.16. The second-order valence-corrected chi connectivity index (χ2v) is 7.48. The minimum Gasteiger partial charge on any atom is -0.397 e. The summed E-state index contributed by atoms with van der Waals surface area (Å²) < 4.78 is 0. The monoisotopic (exact) mass is 436 g/mol. The molecule has 0 radical (unpaired) electrons. The van der Waals surface area contributed by atoms with Crippen LogP contribution in [0.4, 0.5) is 16.2 Å². The molecule has 0 aliphatic heterocycles. The lowest BCUT2D eigenvalue weighted by Crippen LogP contribution is -2.42. The number of pyridine rings is 1. The third-order valence-electron chi connectivity index (χ3n) is 4.66. The van der Waals surface area contributed by atoms with Crippen molar-refractivity contribution in [3.05, 3.63) is 77.8 Å². The van der Waals surface area contributed by atoms with Crippen LogP contribution in [0.5, 0.6) is 0 Å². The van der Waals surface area contributed by atoms with Gasteiger partial charge in [-0.05, 0) is 58.3 Å². The molecule has 8 heteroatoms. The highest BCUT2D eigenvalue weighted by atomic mass is 16.2. The molecule has 32 heavy (non-hydrogen) atoms. The predicted molar refractivity (Wildman–Crippen MR) is 129 cm³/mol. The van der Waals surface area contributed by atoms with Crippen molar-refractivity contribution in [3.63, 3.8) is 0 Å². The molecule has 0 aliphatic rings. The molecule has 0 saturated carbocycles. The summed E-state index contributed by atoms with van der Waals surface area (Å²) in [5, 5.41) is 5.69. The molecule has 0 aliphatic carbocycles. The topological polar surface area (TPSA) is 104 Å². The van der Waals surface area contributed by atoms with Crippen LogP contribution in [-0.2, 0) is 6.54 Å². The number of hydrogen-bond donors (Lipinski definition) is 3. The van der Waals surface area contributed by atoms with Gasteiger partial charge in [0, 0.05) is 25.0 Å². The van der Waals surface area contributed by atoms with E-state index in [2.05, 4.69) is 15.6 Å². The third kappa shape index (κ3) is 7.55. The van der Waals surface area contributed by atoms with Gasteiger partial charge in [-0.1, -0.05) is 24.3 Å². The number of nitrogens with two attached hydrogens (primary N) is 1. The maximum absolute atomic E-state index is 12.8. The maximum atomic E-state index is 12.8. The molecule has 2 aromatic rings. The summed E-state index contributed by atoms with van der Waals surface area (Å²) in [7, 11) is 3.91. The Morgan fingerprint density at radius 3 is 2.44 bits per heavy atom. The van der Waals surface area contributed by atoms with Gasteiger partial charge >= 0.3 is 6.03 Å². The van der Waals surface area contributed by atoms with E-state index in [-0.39, 0.29) is 11.9 Å². The number of benzene rings is 1. The first kappa shape index (κ1) is 24.6. The molecular formula is C24H32N6O2. The van der Waals surface area contributed by atoms with E-state index < -0.39 is 0 Å². The molecule has 2 rings (SSSR count). The number of para-hydroxylation sites is 2. The number of carbonyl (C=O) groups excluding carboxylic acids is 2. The van der Waals surface area contributed by atoms with Gasteiger partial charge in [0.2, 0.25) is 0 Å². The Kier molecular flexibility index (Phi) is 9.43. The van der Waals surface area contributed by atoms with Gasteiger partial charge in [0.1, 0.15) is 0 Å². The van der Waals surface area contributed by atoms with Crippen LogP contribution < -0.4 is 16.4 Å². The van der Waals surface area contributed by atoms with Crippen molar-refractivity contribution < 1.29 is 9.59 Å². The molecule has 0 fully saturated rings. The van der Waals surface area contributed by atoms with Crippen LogP contribution in [0.2, 0.25) is 0 Å². The first-order valence-corrected chi connectivity index (χ1v) is 10.4. The largest absolute Gasteiger partial charge is 0.397 e. The van der Waals surface area contributed by atoms with Gasteiger partial charge in [0.15, 0.2) is 0 Å². The van der Waals surface area contributed by atoms with Crippen LogP contribution in [-0.4, -0.2) is 53.9 Å². The van der Waals surface area contributed by atoms with E-state index >= 15 is 0 Å². The van der Waals surface area contributed by atoms with Crippen LogP contribution in [0.15, 0.2) is 66.5 Å². The summed E-state index contributed by atoms with van der Waals surface area (Å²) in [4.78, 5) is 33.4. The SMILES string of the molecule is C/C=C\C(=C/C)NC(=O)N(CCN(C)C)Cc1ccc(C(=O)Nc2ccccc2N)cn1. The number of nitrogens with one attached hydrogen (secondary N) is 2. The molecule has 8 nitrogen and oxygen atoms in total. The fraction of sp³-hybridized carbons (Fsp3) is 0.292. The van der Waals surface area contributed by atoms with Crippen LogP contribution in [0.25, 0.3) is 0 Å². The molecular weight excluding hydrogens is 404 g/mol. The van der Waals surface area contributed by atoms with Gasteiger partial charge in [-0.3, -0.25) is 9.78 Å². The van der Waals surface area contributed by atoms with Crippen molar-refractivity contribution in [2.45, 2.75) is 20.4 Å². The van der Waals surface area contributed by atoms with Crippen molar-refractivity contribution in [2.24, 2.45) is 0 Å². The number of amides is 3. The van der Waals surface area contributed by atoms with Crippen molar-refractivity contribution in [3.8, 4) is 0 Å². The molecule has 0 bridgehead atoms. The average molecular weight is 437 g/mol. The first-order valence-electron chi connectivity index (χ1n) is 10.4. The Morgan fingerprint density at radius 2 is 1.84 bits per heavy atom. The highest BCUT2D eigenvalue weighted by molar-refractivity contribution is 6.05. The zero-order valence-electron chi connectivity index (χ0n) is 19.1. The summed E-state index contributed by atoms with van der Waals surface area (Å²) in [6.07, 6.45) is 7.05. The summed E-state index contributed by atoms with van der Waals surface area (Å²) >= 11 is 0. The summed E-state index contributed by atoms with van der Waals surface area (Å²) in [6.45, 7) is 5.32. The third-order valence-corrected chi connectivity index (χ3v) is 4.66. The molecule has 0 atom stereocenters. The van der Waals surface area contributed by atoms with Crippen LogP contribution in [0.1, 0.15) is 29.9 Å². The smallest absolute Gasteiger partial charge is 0.322 e. The highest BCUT2D eigenvalue weighted by Crippen LogP contribution is 2.17. The summed E-state index contributed by atoms with van der Waals surface area (Å²) in [6, 6.07) is 10.3. The van der Waals surface area contributed by atoms with Gasteiger partial charge in [-0.25, -0.2) is 4.79 Å². The molecule has 0 saturated heterocycles. The van der Waals surface area contributed by atoms with E-state index in [0.717, 1.165) is 5.70 Å². The number of urea groups is 1. The Labute approximate surface area is 189 Å². The molecule has 1 heterocycles. The van der Waals surface area contributed by atoms with Crippen LogP contribution in [0, 0.1) is 0 Å². The number of carbonyl (C=O) groups is 2. The standard InChI is InChI=1S/C24H32N6O2/c1-5-9-19(6-2)27-24(32)30(15-14-29(3)4)17-20-13-12-18(16-26-20)23(31)28-22-11-8-7-10-21(22)25/h5-13,16H,14-15,17,25H2,1-4H3,(H,27,32)(H,28,31)/b9-5-,19-6+. The molecule has 0 spiro atoms. The minimum absolute atomic E-state index is 0.207. The van der Waals surface area contributed by atoms with Crippen LogP contribution in [0.3, 0.4) is 0 Å². The predicted octanol–water partition coefficient (Wildman–Crippen LogP) is 3.47. The molecule has 0 unspecified atom stereocenters. The minimum atomic E-state index is -0.298. The summed E-state index contributed by atoms with van der Waals surface area (Å²) in [5.74, 6) is -0.298. The van der Waals surface area contributed by atoms with Gasteiger partial charge in [0.25, 0.3) is 5.91 Å². The number of likely N-dealkylation sites (N-methyl/N-ethyl adjacent to an activating group) is 1. The Morgan fingerprint density at radius 1 is 1.09 bits per heavy atom. The number of hydrogen-bond acceptors (Lipinski definition) is 5. The lowest BCUT2D eigenvalue weighted by atomic mass is 10.2.